The van der Waals surface area contributed by atoms with Crippen molar-refractivity contribution >= 4 is 17.9 Å². The first-order valence-electron chi connectivity index (χ1n) is 24.8. The molecule has 0 rings (SSSR count). The molecule has 334 valence electrons. The number of carbonyl (C=O) groups excluding carboxylic acids is 3. The molecule has 0 aliphatic carbocycles. The van der Waals surface area contributed by atoms with E-state index in [0.29, 0.717) is 19.3 Å². The highest BCUT2D eigenvalue weighted by atomic mass is 16.6. The highest BCUT2D eigenvalue weighted by Gasteiger charge is 2.19. The van der Waals surface area contributed by atoms with Crippen molar-refractivity contribution < 1.29 is 28.6 Å². The number of unbranched alkanes of at least 4 members (excludes halogenated alkanes) is 30. The van der Waals surface area contributed by atoms with Crippen molar-refractivity contribution in [3.05, 3.63) is 24.3 Å². The van der Waals surface area contributed by atoms with E-state index in [1.807, 2.05) is 0 Å². The Kier molecular flexibility index (Phi) is 44.9. The lowest BCUT2D eigenvalue weighted by molar-refractivity contribution is -0.167. The van der Waals surface area contributed by atoms with Crippen LogP contribution < -0.4 is 0 Å². The highest BCUT2D eigenvalue weighted by molar-refractivity contribution is 5.71. The van der Waals surface area contributed by atoms with Gasteiger partial charge in [0.05, 0.1) is 0 Å². The summed E-state index contributed by atoms with van der Waals surface area (Å²) in [5, 5.41) is 0. The lowest BCUT2D eigenvalue weighted by atomic mass is 10.0. The quantitative estimate of drug-likeness (QED) is 0.0264. The average Bonchev–Trinajstić information content (AvgIpc) is 3.21. The van der Waals surface area contributed by atoms with Gasteiger partial charge in [0.15, 0.2) is 6.10 Å². The Hall–Kier alpha value is -2.11. The summed E-state index contributed by atoms with van der Waals surface area (Å²) in [5.74, 6) is -0.873. The summed E-state index contributed by atoms with van der Waals surface area (Å²) in [6, 6.07) is 0. The summed E-state index contributed by atoms with van der Waals surface area (Å²) in [7, 11) is 0. The van der Waals surface area contributed by atoms with Crippen LogP contribution in [0, 0.1) is 0 Å². The van der Waals surface area contributed by atoms with E-state index < -0.39 is 6.10 Å². The molecule has 0 bridgehead atoms. The summed E-state index contributed by atoms with van der Waals surface area (Å²) >= 11 is 0. The Balaban J connectivity index is 4.18. The largest absolute Gasteiger partial charge is 0.462 e. The molecule has 6 nitrogen and oxygen atoms in total. The van der Waals surface area contributed by atoms with Crippen LogP contribution >= 0.6 is 0 Å². The maximum absolute atomic E-state index is 12.7. The zero-order valence-corrected chi connectivity index (χ0v) is 38.1. The fraction of sp³-hybridized carbons (Fsp3) is 0.863. The van der Waals surface area contributed by atoms with Gasteiger partial charge >= 0.3 is 17.9 Å². The van der Waals surface area contributed by atoms with Crippen molar-refractivity contribution in [3.8, 4) is 0 Å². The number of allylic oxidation sites excluding steroid dienone is 4. The molecule has 0 aromatic heterocycles. The van der Waals surface area contributed by atoms with E-state index in [1.165, 1.54) is 161 Å². The van der Waals surface area contributed by atoms with Gasteiger partial charge in [-0.1, -0.05) is 218 Å². The van der Waals surface area contributed by atoms with Crippen molar-refractivity contribution in [1.82, 2.24) is 0 Å². The first kappa shape index (κ1) is 54.9. The Bertz CT molecular complexity index is 927. The van der Waals surface area contributed by atoms with Gasteiger partial charge in [0.1, 0.15) is 13.2 Å². The van der Waals surface area contributed by atoms with E-state index in [0.717, 1.165) is 64.2 Å². The van der Waals surface area contributed by atoms with E-state index in [-0.39, 0.29) is 31.1 Å². The topological polar surface area (TPSA) is 78.9 Å². The predicted molar refractivity (Wildman–Crippen MR) is 243 cm³/mol. The van der Waals surface area contributed by atoms with Crippen LogP contribution in [0.1, 0.15) is 265 Å². The van der Waals surface area contributed by atoms with Crippen LogP contribution in [0.4, 0.5) is 0 Å². The van der Waals surface area contributed by atoms with Crippen LogP contribution in [-0.2, 0) is 28.6 Å². The number of hydrogen-bond acceptors (Lipinski definition) is 6. The molecule has 0 saturated carbocycles. The van der Waals surface area contributed by atoms with Gasteiger partial charge < -0.3 is 14.2 Å². The van der Waals surface area contributed by atoms with Crippen LogP contribution in [0.2, 0.25) is 0 Å². The van der Waals surface area contributed by atoms with Crippen LogP contribution in [0.25, 0.3) is 0 Å². The molecule has 0 aliphatic heterocycles. The molecule has 0 spiro atoms. The second-order valence-corrected chi connectivity index (χ2v) is 16.7. The molecule has 0 saturated heterocycles. The number of rotatable bonds is 45. The van der Waals surface area contributed by atoms with E-state index in [9.17, 15) is 14.4 Å². The molecule has 6 heteroatoms. The maximum Gasteiger partial charge on any atom is 0.306 e. The molecule has 57 heavy (non-hydrogen) atoms. The molecule has 0 aromatic carbocycles. The monoisotopic (exact) mass is 803 g/mol. The summed E-state index contributed by atoms with van der Waals surface area (Å²) in [6.45, 7) is 6.57. The average molecular weight is 803 g/mol. The standard InChI is InChI=1S/C51H94O6/c1-4-7-10-13-16-18-20-22-24-25-26-27-28-30-31-33-35-38-41-44-50(53)56-47-48(46-55-49(52)43-40-37-15-12-9-6-3)57-51(54)45-42-39-36-34-32-29-23-21-19-17-14-11-8-5-2/h16,18,22,24,48H,4-15,17,19-21,23,25-47H2,1-3H3/b18-16-,24-22-. The molecule has 0 N–H and O–H groups in total. The van der Waals surface area contributed by atoms with Crippen LogP contribution in [0.3, 0.4) is 0 Å². The predicted octanol–water partition coefficient (Wildman–Crippen LogP) is 16.0. The second-order valence-electron chi connectivity index (χ2n) is 16.7. The Morgan fingerprint density at radius 2 is 0.632 bits per heavy atom. The minimum absolute atomic E-state index is 0.0695. The number of hydrogen-bond donors (Lipinski definition) is 0. The molecular weight excluding hydrogens is 709 g/mol. The van der Waals surface area contributed by atoms with Crippen molar-refractivity contribution in [2.75, 3.05) is 13.2 Å². The van der Waals surface area contributed by atoms with Crippen molar-refractivity contribution in [1.29, 1.82) is 0 Å². The minimum Gasteiger partial charge on any atom is -0.462 e. The molecule has 0 heterocycles. The lowest BCUT2D eigenvalue weighted by Gasteiger charge is -2.18. The third kappa shape index (κ3) is 44.8. The first-order valence-corrected chi connectivity index (χ1v) is 24.8. The zero-order valence-electron chi connectivity index (χ0n) is 38.1. The summed E-state index contributed by atoms with van der Waals surface area (Å²) < 4.78 is 16.7. The van der Waals surface area contributed by atoms with Gasteiger partial charge in [0.2, 0.25) is 0 Å². The summed E-state index contributed by atoms with van der Waals surface area (Å²) in [4.78, 5) is 37.7. The van der Waals surface area contributed by atoms with Crippen LogP contribution in [-0.4, -0.2) is 37.2 Å². The maximum atomic E-state index is 12.7. The lowest BCUT2D eigenvalue weighted by Crippen LogP contribution is -2.30. The van der Waals surface area contributed by atoms with Gasteiger partial charge in [-0.25, -0.2) is 0 Å². The number of carbonyl (C=O) groups is 3. The molecule has 1 atom stereocenters. The Morgan fingerprint density at radius 1 is 0.351 bits per heavy atom. The van der Waals surface area contributed by atoms with Gasteiger partial charge in [-0.3, -0.25) is 14.4 Å². The third-order valence-electron chi connectivity index (χ3n) is 11.0. The molecule has 0 radical (unpaired) electrons. The van der Waals surface area contributed by atoms with Crippen molar-refractivity contribution in [2.45, 2.75) is 271 Å². The van der Waals surface area contributed by atoms with Gasteiger partial charge in [-0.2, -0.15) is 0 Å². The van der Waals surface area contributed by atoms with Crippen LogP contribution in [0.5, 0.6) is 0 Å². The highest BCUT2D eigenvalue weighted by Crippen LogP contribution is 2.15. The van der Waals surface area contributed by atoms with E-state index in [4.69, 9.17) is 14.2 Å². The van der Waals surface area contributed by atoms with Gasteiger partial charge in [-0.05, 0) is 51.4 Å². The Labute approximate surface area is 353 Å². The van der Waals surface area contributed by atoms with Gasteiger partial charge in [0, 0.05) is 19.3 Å². The Morgan fingerprint density at radius 3 is 1.00 bits per heavy atom. The minimum atomic E-state index is -0.764. The third-order valence-corrected chi connectivity index (χ3v) is 11.0. The smallest absolute Gasteiger partial charge is 0.306 e. The van der Waals surface area contributed by atoms with Gasteiger partial charge in [0.25, 0.3) is 0 Å². The van der Waals surface area contributed by atoms with Crippen molar-refractivity contribution in [2.24, 2.45) is 0 Å². The normalized spacial score (nSPS) is 12.1. The fourth-order valence-electron chi connectivity index (χ4n) is 7.18. The molecular formula is C51H94O6. The fourth-order valence-corrected chi connectivity index (χ4v) is 7.18. The summed E-state index contributed by atoms with van der Waals surface area (Å²) in [6.07, 6.45) is 51.8. The molecule has 1 unspecified atom stereocenters. The zero-order chi connectivity index (χ0) is 41.5. The second kappa shape index (κ2) is 46.6. The summed E-state index contributed by atoms with van der Waals surface area (Å²) in [5.41, 5.74) is 0. The van der Waals surface area contributed by atoms with Crippen molar-refractivity contribution in [3.63, 3.8) is 0 Å². The van der Waals surface area contributed by atoms with Gasteiger partial charge in [-0.15, -0.1) is 0 Å². The van der Waals surface area contributed by atoms with E-state index in [1.54, 1.807) is 0 Å². The van der Waals surface area contributed by atoms with E-state index >= 15 is 0 Å². The first-order chi connectivity index (χ1) is 28.0. The molecule has 0 aromatic rings. The molecule has 0 amide bonds. The number of esters is 3. The SMILES string of the molecule is CCCCC/C=C\C/C=C\CCCCCCCCCCCC(=O)OCC(COC(=O)CCCCCCCC)OC(=O)CCCCCCCCCCCCCCCC. The number of ether oxygens (including phenoxy) is 3. The molecule has 0 aliphatic rings. The van der Waals surface area contributed by atoms with E-state index in [2.05, 4.69) is 45.1 Å². The molecule has 0 fully saturated rings. The van der Waals surface area contributed by atoms with Crippen LogP contribution in [0.15, 0.2) is 24.3 Å².